The predicted octanol–water partition coefficient (Wildman–Crippen LogP) is 3.37. The highest BCUT2D eigenvalue weighted by atomic mass is 16.5. The quantitative estimate of drug-likeness (QED) is 0.681. The first-order valence-corrected chi connectivity index (χ1v) is 7.41. The molecule has 21 heavy (non-hydrogen) atoms. The van der Waals surface area contributed by atoms with Crippen molar-refractivity contribution in [1.82, 2.24) is 5.32 Å². The van der Waals surface area contributed by atoms with Crippen molar-refractivity contribution in [2.45, 2.75) is 26.5 Å². The first kappa shape index (κ1) is 15.6. The number of hydrogen-bond acceptors (Lipinski definition) is 4. The van der Waals surface area contributed by atoms with E-state index in [1.807, 2.05) is 36.4 Å². The topological polar surface area (TPSA) is 43.6 Å². The van der Waals surface area contributed by atoms with E-state index >= 15 is 0 Å². The van der Waals surface area contributed by atoms with Crippen LogP contribution in [-0.4, -0.2) is 19.8 Å². The zero-order chi connectivity index (χ0) is 14.8. The fourth-order valence-electron chi connectivity index (χ4n) is 1.95. The zero-order valence-electron chi connectivity index (χ0n) is 12.5. The van der Waals surface area contributed by atoms with Crippen molar-refractivity contribution in [1.29, 1.82) is 0 Å². The predicted molar refractivity (Wildman–Crippen MR) is 82.3 cm³/mol. The van der Waals surface area contributed by atoms with Gasteiger partial charge in [0.05, 0.1) is 12.9 Å². The minimum atomic E-state index is 0.480. The Hall–Kier alpha value is -1.78. The van der Waals surface area contributed by atoms with E-state index in [1.165, 1.54) is 0 Å². The summed E-state index contributed by atoms with van der Waals surface area (Å²) >= 11 is 0. The van der Waals surface area contributed by atoms with Gasteiger partial charge >= 0.3 is 0 Å². The summed E-state index contributed by atoms with van der Waals surface area (Å²) in [5.74, 6) is 1.75. The van der Waals surface area contributed by atoms with Gasteiger partial charge in [0.15, 0.2) is 0 Å². The summed E-state index contributed by atoms with van der Waals surface area (Å²) in [6.45, 7) is 5.54. The number of ether oxygens (including phenoxy) is 2. The highest BCUT2D eigenvalue weighted by Crippen LogP contribution is 2.12. The van der Waals surface area contributed by atoms with Gasteiger partial charge < -0.3 is 19.2 Å². The van der Waals surface area contributed by atoms with Gasteiger partial charge in [0.25, 0.3) is 0 Å². The van der Waals surface area contributed by atoms with Crippen LogP contribution in [0.2, 0.25) is 0 Å². The van der Waals surface area contributed by atoms with Gasteiger partial charge in [0.1, 0.15) is 24.7 Å². The molecule has 0 bridgehead atoms. The zero-order valence-corrected chi connectivity index (χ0v) is 12.5. The van der Waals surface area contributed by atoms with E-state index in [0.717, 1.165) is 36.6 Å². The van der Waals surface area contributed by atoms with Crippen molar-refractivity contribution in [3.8, 4) is 5.75 Å². The number of furan rings is 1. The normalized spacial score (nSPS) is 10.7. The van der Waals surface area contributed by atoms with Gasteiger partial charge in [-0.2, -0.15) is 0 Å². The van der Waals surface area contributed by atoms with Crippen LogP contribution in [0.4, 0.5) is 0 Å². The maximum Gasteiger partial charge on any atom is 0.133 e. The van der Waals surface area contributed by atoms with Crippen LogP contribution < -0.4 is 10.1 Å². The number of hydrogen-bond donors (Lipinski definition) is 1. The third-order valence-corrected chi connectivity index (χ3v) is 3.05. The smallest absolute Gasteiger partial charge is 0.133 e. The highest BCUT2D eigenvalue weighted by Gasteiger charge is 2.06. The van der Waals surface area contributed by atoms with Crippen molar-refractivity contribution in [2.75, 3.05) is 19.8 Å². The molecule has 1 heterocycles. The molecule has 0 atom stereocenters. The molecule has 1 aromatic carbocycles. The Labute approximate surface area is 126 Å². The lowest BCUT2D eigenvalue weighted by Crippen LogP contribution is -2.14. The first-order valence-electron chi connectivity index (χ1n) is 7.41. The molecule has 114 valence electrons. The maximum atomic E-state index is 5.60. The van der Waals surface area contributed by atoms with E-state index in [9.17, 15) is 0 Å². The molecule has 0 aliphatic rings. The lowest BCUT2D eigenvalue weighted by molar-refractivity contribution is 0.0775. The van der Waals surface area contributed by atoms with Gasteiger partial charge in [-0.25, -0.2) is 0 Å². The Kier molecular flexibility index (Phi) is 6.84. The molecule has 0 saturated heterocycles. The lowest BCUT2D eigenvalue weighted by Gasteiger charge is -2.07. The standard InChI is InChI=1S/C17H23NO3/c1-2-9-18-13-15-8-10-21-17(15)14-19-11-12-20-16-6-4-3-5-7-16/h3-8,10,18H,2,9,11-14H2,1H3. The van der Waals surface area contributed by atoms with Crippen LogP contribution in [0.1, 0.15) is 24.7 Å². The largest absolute Gasteiger partial charge is 0.491 e. The Morgan fingerprint density at radius 3 is 2.76 bits per heavy atom. The van der Waals surface area contributed by atoms with E-state index < -0.39 is 0 Å². The summed E-state index contributed by atoms with van der Waals surface area (Å²) in [5, 5.41) is 3.36. The molecule has 0 fully saturated rings. The van der Waals surface area contributed by atoms with Crippen LogP contribution in [0.5, 0.6) is 5.75 Å². The molecule has 0 amide bonds. The molecule has 0 unspecified atom stereocenters. The molecular weight excluding hydrogens is 266 g/mol. The average Bonchev–Trinajstić information content (AvgIpc) is 2.96. The van der Waals surface area contributed by atoms with Crippen molar-refractivity contribution < 1.29 is 13.9 Å². The lowest BCUT2D eigenvalue weighted by atomic mass is 10.2. The fourth-order valence-corrected chi connectivity index (χ4v) is 1.95. The van der Waals surface area contributed by atoms with Gasteiger partial charge in [-0.15, -0.1) is 0 Å². The van der Waals surface area contributed by atoms with Gasteiger partial charge in [0.2, 0.25) is 0 Å². The van der Waals surface area contributed by atoms with E-state index in [-0.39, 0.29) is 0 Å². The number of nitrogens with one attached hydrogen (secondary N) is 1. The number of benzene rings is 1. The van der Waals surface area contributed by atoms with Gasteiger partial charge in [-0.05, 0) is 31.2 Å². The number of rotatable bonds is 10. The van der Waals surface area contributed by atoms with Gasteiger partial charge in [-0.3, -0.25) is 0 Å². The van der Waals surface area contributed by atoms with Crippen molar-refractivity contribution in [2.24, 2.45) is 0 Å². The van der Waals surface area contributed by atoms with Gasteiger partial charge in [-0.1, -0.05) is 25.1 Å². The van der Waals surface area contributed by atoms with E-state index in [0.29, 0.717) is 19.8 Å². The Bertz CT molecular complexity index is 496. The van der Waals surface area contributed by atoms with Gasteiger partial charge in [0, 0.05) is 12.1 Å². The van der Waals surface area contributed by atoms with Crippen molar-refractivity contribution >= 4 is 0 Å². The third-order valence-electron chi connectivity index (χ3n) is 3.05. The van der Waals surface area contributed by atoms with Crippen LogP contribution in [0.15, 0.2) is 47.1 Å². The second-order valence-corrected chi connectivity index (χ2v) is 4.76. The van der Waals surface area contributed by atoms with Crippen molar-refractivity contribution in [3.05, 3.63) is 54.0 Å². The van der Waals surface area contributed by atoms with E-state index in [2.05, 4.69) is 12.2 Å². The molecule has 0 spiro atoms. The summed E-state index contributed by atoms with van der Waals surface area (Å²) < 4.78 is 16.6. The van der Waals surface area contributed by atoms with Crippen LogP contribution in [0.25, 0.3) is 0 Å². The average molecular weight is 289 g/mol. The first-order chi connectivity index (χ1) is 10.4. The molecular formula is C17H23NO3. The monoisotopic (exact) mass is 289 g/mol. The van der Waals surface area contributed by atoms with Crippen LogP contribution in [-0.2, 0) is 17.9 Å². The molecule has 0 aliphatic carbocycles. The minimum Gasteiger partial charge on any atom is -0.491 e. The molecule has 1 aromatic heterocycles. The molecule has 0 saturated carbocycles. The molecule has 4 nitrogen and oxygen atoms in total. The summed E-state index contributed by atoms with van der Waals surface area (Å²) in [7, 11) is 0. The molecule has 4 heteroatoms. The SMILES string of the molecule is CCCNCc1ccoc1COCCOc1ccccc1. The summed E-state index contributed by atoms with van der Waals surface area (Å²) in [5.41, 5.74) is 1.16. The summed E-state index contributed by atoms with van der Waals surface area (Å²) in [6.07, 6.45) is 2.84. The highest BCUT2D eigenvalue weighted by molar-refractivity contribution is 5.20. The van der Waals surface area contributed by atoms with Crippen molar-refractivity contribution in [3.63, 3.8) is 0 Å². The summed E-state index contributed by atoms with van der Waals surface area (Å²) in [6, 6.07) is 11.7. The number of para-hydroxylation sites is 1. The third kappa shape index (κ3) is 5.61. The Balaban J connectivity index is 1.63. The van der Waals surface area contributed by atoms with Crippen LogP contribution in [0.3, 0.4) is 0 Å². The minimum absolute atomic E-state index is 0.480. The van der Waals surface area contributed by atoms with E-state index in [4.69, 9.17) is 13.9 Å². The van der Waals surface area contributed by atoms with Crippen LogP contribution in [0, 0.1) is 0 Å². The second-order valence-electron chi connectivity index (χ2n) is 4.76. The molecule has 0 aliphatic heterocycles. The van der Waals surface area contributed by atoms with E-state index in [1.54, 1.807) is 6.26 Å². The molecule has 1 N–H and O–H groups in total. The molecule has 2 aromatic rings. The Morgan fingerprint density at radius 2 is 1.95 bits per heavy atom. The molecule has 0 radical (unpaired) electrons. The molecule has 2 rings (SSSR count). The Morgan fingerprint density at radius 1 is 1.10 bits per heavy atom. The second kappa shape index (κ2) is 9.21. The van der Waals surface area contributed by atoms with Crippen LogP contribution >= 0.6 is 0 Å². The summed E-state index contributed by atoms with van der Waals surface area (Å²) in [4.78, 5) is 0. The maximum absolute atomic E-state index is 5.60. The fraction of sp³-hybridized carbons (Fsp3) is 0.412.